The number of nitrogens with one attached hydrogen (secondary N) is 2. The van der Waals surface area contributed by atoms with Gasteiger partial charge in [-0.25, -0.2) is 13.7 Å². The minimum absolute atomic E-state index is 0.0991. The minimum atomic E-state index is -1.08. The molecule has 0 unspecified atom stereocenters. The highest BCUT2D eigenvalue weighted by atomic mass is 19.1. The first-order chi connectivity index (χ1) is 17.9. The van der Waals surface area contributed by atoms with Gasteiger partial charge in [0.1, 0.15) is 17.7 Å². The van der Waals surface area contributed by atoms with Gasteiger partial charge in [0, 0.05) is 11.6 Å². The van der Waals surface area contributed by atoms with Crippen LogP contribution in [-0.2, 0) is 27.2 Å². The molecule has 3 aromatic rings. The Morgan fingerprint density at radius 1 is 0.868 bits per heavy atom. The van der Waals surface area contributed by atoms with Gasteiger partial charge in [-0.1, -0.05) is 48.5 Å². The summed E-state index contributed by atoms with van der Waals surface area (Å²) in [5.41, 5.74) is 1.97. The predicted octanol–water partition coefficient (Wildman–Crippen LogP) is 4.55. The molecule has 1 atom stereocenters. The highest BCUT2D eigenvalue weighted by molar-refractivity contribution is 6.18. The van der Waals surface area contributed by atoms with Gasteiger partial charge in [0.05, 0.1) is 18.7 Å². The molecular weight excluding hydrogens is 488 g/mol. The number of benzene rings is 3. The van der Waals surface area contributed by atoms with Gasteiger partial charge in [-0.2, -0.15) is 0 Å². The maximum absolute atomic E-state index is 13.7. The van der Waals surface area contributed by atoms with E-state index in [0.717, 1.165) is 34.2 Å². The number of imide groups is 1. The summed E-state index contributed by atoms with van der Waals surface area (Å²) in [6, 6.07) is 18.6. The van der Waals surface area contributed by atoms with Crippen LogP contribution in [0.15, 0.2) is 72.8 Å². The van der Waals surface area contributed by atoms with E-state index in [1.165, 1.54) is 6.92 Å². The molecule has 0 spiro atoms. The molecule has 38 heavy (non-hydrogen) atoms. The standard InChI is InChI=1S/C30H33F2N3O3/c1-20(34-27(36)17-22-15-24(31)18-25(32)16-22)29(38)35(28(37)19-33-30(2,3)4)26-13-9-8-12-23(26)14-21-10-6-5-7-11-21/h5-13,15-16,18,20,33H,14,17,19H2,1-4H3,(H,34,36)/t20-/m0/s1. The monoisotopic (exact) mass is 521 g/mol. The first kappa shape index (κ1) is 28.7. The second-order valence-electron chi connectivity index (χ2n) is 10.2. The van der Waals surface area contributed by atoms with Gasteiger partial charge < -0.3 is 10.6 Å². The number of halogens is 2. The number of anilines is 1. The molecule has 2 N–H and O–H groups in total. The van der Waals surface area contributed by atoms with Crippen molar-refractivity contribution >= 4 is 23.4 Å². The summed E-state index contributed by atoms with van der Waals surface area (Å²) in [5, 5.41) is 5.68. The predicted molar refractivity (Wildman–Crippen MR) is 144 cm³/mol. The van der Waals surface area contributed by atoms with E-state index in [1.807, 2.05) is 63.2 Å². The summed E-state index contributed by atoms with van der Waals surface area (Å²) in [6.45, 7) is 7.11. The lowest BCUT2D eigenvalue weighted by Crippen LogP contribution is -2.53. The van der Waals surface area contributed by atoms with Gasteiger partial charge in [-0.3, -0.25) is 14.4 Å². The molecule has 0 saturated heterocycles. The molecule has 3 rings (SSSR count). The first-order valence-electron chi connectivity index (χ1n) is 12.4. The summed E-state index contributed by atoms with van der Waals surface area (Å²) in [4.78, 5) is 40.8. The van der Waals surface area contributed by atoms with E-state index in [1.54, 1.807) is 12.1 Å². The average molecular weight is 522 g/mol. The Morgan fingerprint density at radius 3 is 2.11 bits per heavy atom. The zero-order valence-corrected chi connectivity index (χ0v) is 22.1. The number of carbonyl (C=O) groups is 3. The molecule has 0 fully saturated rings. The van der Waals surface area contributed by atoms with Crippen LogP contribution in [0.1, 0.15) is 44.4 Å². The third-order valence-corrected chi connectivity index (χ3v) is 5.74. The third kappa shape index (κ3) is 8.31. The van der Waals surface area contributed by atoms with E-state index >= 15 is 0 Å². The summed E-state index contributed by atoms with van der Waals surface area (Å²) in [6.07, 6.45) is 0.170. The molecule has 8 heteroatoms. The van der Waals surface area contributed by atoms with Crippen molar-refractivity contribution in [3.05, 3.63) is 101 Å². The quantitative estimate of drug-likeness (QED) is 0.433. The number of hydrogen-bond donors (Lipinski definition) is 2. The minimum Gasteiger partial charge on any atom is -0.344 e. The van der Waals surface area contributed by atoms with Crippen LogP contribution in [0.3, 0.4) is 0 Å². The van der Waals surface area contributed by atoms with Crippen molar-refractivity contribution in [2.45, 2.75) is 52.1 Å². The molecule has 3 amide bonds. The van der Waals surface area contributed by atoms with Crippen molar-refractivity contribution in [1.29, 1.82) is 0 Å². The zero-order valence-electron chi connectivity index (χ0n) is 22.1. The van der Waals surface area contributed by atoms with E-state index in [4.69, 9.17) is 0 Å². The van der Waals surface area contributed by atoms with Crippen LogP contribution in [0, 0.1) is 11.6 Å². The SMILES string of the molecule is C[C@H](NC(=O)Cc1cc(F)cc(F)c1)C(=O)N(C(=O)CNC(C)(C)C)c1ccccc1Cc1ccccc1. The molecule has 200 valence electrons. The fraction of sp³-hybridized carbons (Fsp3) is 0.300. The Bertz CT molecular complexity index is 1270. The summed E-state index contributed by atoms with van der Waals surface area (Å²) in [5.74, 6) is -3.29. The summed E-state index contributed by atoms with van der Waals surface area (Å²) < 4.78 is 27.1. The lowest BCUT2D eigenvalue weighted by molar-refractivity contribution is -0.130. The van der Waals surface area contributed by atoms with Crippen molar-refractivity contribution in [3.8, 4) is 0 Å². The highest BCUT2D eigenvalue weighted by Crippen LogP contribution is 2.25. The van der Waals surface area contributed by atoms with Crippen LogP contribution >= 0.6 is 0 Å². The van der Waals surface area contributed by atoms with Crippen LogP contribution in [0.4, 0.5) is 14.5 Å². The van der Waals surface area contributed by atoms with Crippen molar-refractivity contribution in [1.82, 2.24) is 10.6 Å². The molecule has 6 nitrogen and oxygen atoms in total. The highest BCUT2D eigenvalue weighted by Gasteiger charge is 2.30. The number of para-hydroxylation sites is 1. The maximum Gasteiger partial charge on any atom is 0.256 e. The molecule has 0 aliphatic heterocycles. The maximum atomic E-state index is 13.7. The van der Waals surface area contributed by atoms with E-state index in [2.05, 4.69) is 10.6 Å². The second kappa shape index (κ2) is 12.6. The molecule has 3 aromatic carbocycles. The number of rotatable bonds is 9. The van der Waals surface area contributed by atoms with Gasteiger partial charge in [-0.15, -0.1) is 0 Å². The molecule has 0 heterocycles. The van der Waals surface area contributed by atoms with Crippen LogP contribution in [0.2, 0.25) is 0 Å². The molecule has 0 radical (unpaired) electrons. The van der Waals surface area contributed by atoms with Crippen molar-refractivity contribution < 1.29 is 23.2 Å². The van der Waals surface area contributed by atoms with E-state index in [9.17, 15) is 23.2 Å². The molecule has 0 aliphatic rings. The molecule has 0 saturated carbocycles. The normalized spacial score (nSPS) is 12.1. The number of amides is 3. The fourth-order valence-corrected chi connectivity index (χ4v) is 3.94. The van der Waals surface area contributed by atoms with Gasteiger partial charge in [0.25, 0.3) is 5.91 Å². The number of nitrogens with zero attached hydrogens (tertiary/aromatic N) is 1. The Kier molecular flexibility index (Phi) is 9.47. The van der Waals surface area contributed by atoms with E-state index < -0.39 is 35.4 Å². The topological polar surface area (TPSA) is 78.5 Å². The second-order valence-corrected chi connectivity index (χ2v) is 10.2. The van der Waals surface area contributed by atoms with Gasteiger partial charge in [-0.05, 0) is 69.0 Å². The number of hydrogen-bond acceptors (Lipinski definition) is 4. The molecule has 0 bridgehead atoms. The smallest absolute Gasteiger partial charge is 0.256 e. The Morgan fingerprint density at radius 2 is 1.47 bits per heavy atom. The third-order valence-electron chi connectivity index (χ3n) is 5.74. The Hall–Kier alpha value is -3.91. The molecule has 0 aromatic heterocycles. The Labute approximate surface area is 222 Å². The Balaban J connectivity index is 1.86. The van der Waals surface area contributed by atoms with Gasteiger partial charge in [0.15, 0.2) is 0 Å². The zero-order chi connectivity index (χ0) is 27.9. The van der Waals surface area contributed by atoms with Crippen molar-refractivity contribution in [2.24, 2.45) is 0 Å². The van der Waals surface area contributed by atoms with Gasteiger partial charge >= 0.3 is 0 Å². The first-order valence-corrected chi connectivity index (χ1v) is 12.4. The lowest BCUT2D eigenvalue weighted by Gasteiger charge is -2.28. The van der Waals surface area contributed by atoms with Crippen molar-refractivity contribution in [3.63, 3.8) is 0 Å². The van der Waals surface area contributed by atoms with Crippen LogP contribution in [0.5, 0.6) is 0 Å². The molecule has 0 aliphatic carbocycles. The van der Waals surface area contributed by atoms with Crippen molar-refractivity contribution in [2.75, 3.05) is 11.4 Å². The fourth-order valence-electron chi connectivity index (χ4n) is 3.94. The summed E-state index contributed by atoms with van der Waals surface area (Å²) in [7, 11) is 0. The van der Waals surface area contributed by atoms with Crippen LogP contribution in [0.25, 0.3) is 0 Å². The average Bonchev–Trinajstić information content (AvgIpc) is 2.83. The van der Waals surface area contributed by atoms with E-state index in [-0.39, 0.29) is 24.1 Å². The van der Waals surface area contributed by atoms with Crippen LogP contribution < -0.4 is 15.5 Å². The largest absolute Gasteiger partial charge is 0.344 e. The van der Waals surface area contributed by atoms with E-state index in [0.29, 0.717) is 12.1 Å². The number of carbonyl (C=O) groups excluding carboxylic acids is 3. The van der Waals surface area contributed by atoms with Gasteiger partial charge in [0.2, 0.25) is 11.8 Å². The summed E-state index contributed by atoms with van der Waals surface area (Å²) >= 11 is 0. The lowest BCUT2D eigenvalue weighted by atomic mass is 10.0. The van der Waals surface area contributed by atoms with Crippen LogP contribution in [-0.4, -0.2) is 35.8 Å². The molecular formula is C30H33F2N3O3.